The first kappa shape index (κ1) is 16.1. The summed E-state index contributed by atoms with van der Waals surface area (Å²) in [4.78, 5) is 24.3. The number of carbonyl (C=O) groups is 2. The number of amides is 2. The van der Waals surface area contributed by atoms with Gasteiger partial charge in [0, 0.05) is 11.8 Å². The molecule has 1 fully saturated rings. The minimum atomic E-state index is -0.239. The highest BCUT2D eigenvalue weighted by molar-refractivity contribution is 5.88. The maximum atomic E-state index is 12.1. The molecule has 0 aromatic rings. The Labute approximate surface area is 121 Å². The maximum absolute atomic E-state index is 12.1. The number of carbonyl (C=O) groups excluding carboxylic acids is 2. The molecule has 1 aliphatic carbocycles. The second-order valence-electron chi connectivity index (χ2n) is 4.79. The molecule has 2 N–H and O–H groups in total. The van der Waals surface area contributed by atoms with Crippen molar-refractivity contribution < 1.29 is 9.59 Å². The average molecular weight is 274 g/mol. The number of rotatable bonds is 4. The van der Waals surface area contributed by atoms with Crippen LogP contribution in [-0.2, 0) is 9.59 Å². The minimum Gasteiger partial charge on any atom is -0.345 e. The molecule has 0 heterocycles. The fraction of sp³-hybridized carbons (Fsp3) is 0.625. The molecule has 1 saturated carbocycles. The Bertz CT molecular complexity index is 418. The van der Waals surface area contributed by atoms with Crippen LogP contribution < -0.4 is 10.6 Å². The molecule has 0 unspecified atom stereocenters. The predicted octanol–water partition coefficient (Wildman–Crippen LogP) is 1.07. The van der Waals surface area contributed by atoms with Crippen LogP contribution in [0.3, 0.4) is 0 Å². The summed E-state index contributed by atoms with van der Waals surface area (Å²) in [5.41, 5.74) is 0. The van der Waals surface area contributed by atoms with Crippen molar-refractivity contribution in [1.82, 2.24) is 10.6 Å². The molecule has 1 rings (SSSR count). The van der Waals surface area contributed by atoms with Gasteiger partial charge in [0.15, 0.2) is 0 Å². The van der Waals surface area contributed by atoms with Gasteiger partial charge in [-0.1, -0.05) is 24.7 Å². The van der Waals surface area contributed by atoms with E-state index >= 15 is 0 Å². The van der Waals surface area contributed by atoms with Gasteiger partial charge in [-0.2, -0.15) is 0 Å². The van der Waals surface area contributed by atoms with Crippen LogP contribution in [0.2, 0.25) is 0 Å². The van der Waals surface area contributed by atoms with Crippen molar-refractivity contribution >= 4 is 11.8 Å². The first-order chi connectivity index (χ1) is 9.70. The van der Waals surface area contributed by atoms with Crippen LogP contribution in [0.5, 0.6) is 0 Å². The Kier molecular flexibility index (Phi) is 7.29. The SMILES string of the molecule is CC#CCNC(=O)[C@H]1CCCC[C@H]1C(=O)NCC#CC. The van der Waals surface area contributed by atoms with E-state index in [-0.39, 0.29) is 23.7 Å². The van der Waals surface area contributed by atoms with E-state index < -0.39 is 0 Å². The molecule has 0 saturated heterocycles. The number of hydrogen-bond acceptors (Lipinski definition) is 2. The van der Waals surface area contributed by atoms with Crippen LogP contribution in [0.25, 0.3) is 0 Å². The van der Waals surface area contributed by atoms with E-state index in [1.54, 1.807) is 13.8 Å². The predicted molar refractivity (Wildman–Crippen MR) is 78.4 cm³/mol. The van der Waals surface area contributed by atoms with Gasteiger partial charge in [-0.15, -0.1) is 11.8 Å². The average Bonchev–Trinajstić information content (AvgIpc) is 2.47. The molecular weight excluding hydrogens is 252 g/mol. The lowest BCUT2D eigenvalue weighted by molar-refractivity contribution is -0.136. The highest BCUT2D eigenvalue weighted by atomic mass is 16.2. The summed E-state index contributed by atoms with van der Waals surface area (Å²) in [6, 6.07) is 0. The highest BCUT2D eigenvalue weighted by Gasteiger charge is 2.35. The van der Waals surface area contributed by atoms with Gasteiger partial charge in [0.25, 0.3) is 0 Å². The lowest BCUT2D eigenvalue weighted by Gasteiger charge is -2.29. The summed E-state index contributed by atoms with van der Waals surface area (Å²) >= 11 is 0. The van der Waals surface area contributed by atoms with Gasteiger partial charge in [0.05, 0.1) is 13.1 Å². The number of hydrogen-bond donors (Lipinski definition) is 2. The third-order valence-corrected chi connectivity index (χ3v) is 3.50. The molecule has 108 valence electrons. The summed E-state index contributed by atoms with van der Waals surface area (Å²) < 4.78 is 0. The van der Waals surface area contributed by atoms with E-state index in [4.69, 9.17) is 0 Å². The quantitative estimate of drug-likeness (QED) is 0.754. The van der Waals surface area contributed by atoms with Crippen molar-refractivity contribution in [2.24, 2.45) is 11.8 Å². The largest absolute Gasteiger partial charge is 0.345 e. The topological polar surface area (TPSA) is 58.2 Å². The Balaban J connectivity index is 2.59. The van der Waals surface area contributed by atoms with Crippen LogP contribution in [0.4, 0.5) is 0 Å². The third-order valence-electron chi connectivity index (χ3n) is 3.50. The molecule has 20 heavy (non-hydrogen) atoms. The Morgan fingerprint density at radius 1 is 0.900 bits per heavy atom. The Hall–Kier alpha value is -1.94. The molecule has 2 atom stereocenters. The summed E-state index contributed by atoms with van der Waals surface area (Å²) in [5.74, 6) is 10.5. The molecule has 0 aromatic heterocycles. The van der Waals surface area contributed by atoms with E-state index in [0.29, 0.717) is 13.1 Å². The lowest BCUT2D eigenvalue weighted by atomic mass is 9.78. The summed E-state index contributed by atoms with van der Waals surface area (Å²) in [6.45, 7) is 4.17. The van der Waals surface area contributed by atoms with Gasteiger partial charge in [-0.25, -0.2) is 0 Å². The molecule has 4 heteroatoms. The summed E-state index contributed by atoms with van der Waals surface area (Å²) in [7, 11) is 0. The van der Waals surface area contributed by atoms with E-state index in [1.165, 1.54) is 0 Å². The molecule has 0 aliphatic heterocycles. The van der Waals surface area contributed by atoms with Gasteiger partial charge in [-0.3, -0.25) is 9.59 Å². The highest BCUT2D eigenvalue weighted by Crippen LogP contribution is 2.30. The first-order valence-corrected chi connectivity index (χ1v) is 7.05. The Morgan fingerprint density at radius 2 is 1.30 bits per heavy atom. The Morgan fingerprint density at radius 3 is 1.65 bits per heavy atom. The van der Waals surface area contributed by atoms with Crippen molar-refractivity contribution in [1.29, 1.82) is 0 Å². The molecule has 0 bridgehead atoms. The van der Waals surface area contributed by atoms with Crippen molar-refractivity contribution in [3.05, 3.63) is 0 Å². The summed E-state index contributed by atoms with van der Waals surface area (Å²) in [5, 5.41) is 5.57. The van der Waals surface area contributed by atoms with Crippen molar-refractivity contribution in [2.75, 3.05) is 13.1 Å². The molecule has 0 aromatic carbocycles. The number of nitrogens with one attached hydrogen (secondary N) is 2. The fourth-order valence-corrected chi connectivity index (χ4v) is 2.46. The minimum absolute atomic E-state index is 0.0609. The van der Waals surface area contributed by atoms with Crippen molar-refractivity contribution in [3.8, 4) is 23.7 Å². The zero-order chi connectivity index (χ0) is 14.8. The van der Waals surface area contributed by atoms with Crippen LogP contribution in [0.1, 0.15) is 39.5 Å². The van der Waals surface area contributed by atoms with Gasteiger partial charge in [0.1, 0.15) is 0 Å². The molecule has 2 amide bonds. The monoisotopic (exact) mass is 274 g/mol. The van der Waals surface area contributed by atoms with Crippen molar-refractivity contribution in [2.45, 2.75) is 39.5 Å². The fourth-order valence-electron chi connectivity index (χ4n) is 2.46. The van der Waals surface area contributed by atoms with Crippen LogP contribution in [0.15, 0.2) is 0 Å². The van der Waals surface area contributed by atoms with E-state index in [2.05, 4.69) is 34.3 Å². The van der Waals surface area contributed by atoms with Crippen LogP contribution >= 0.6 is 0 Å². The molecular formula is C16H22N2O2. The normalized spacial score (nSPS) is 20.7. The summed E-state index contributed by atoms with van der Waals surface area (Å²) in [6.07, 6.45) is 3.53. The van der Waals surface area contributed by atoms with E-state index in [0.717, 1.165) is 25.7 Å². The molecule has 0 spiro atoms. The molecule has 4 nitrogen and oxygen atoms in total. The standard InChI is InChI=1S/C16H22N2O2/c1-3-5-11-17-15(19)13-9-7-8-10-14(13)16(20)18-12-6-4-2/h13-14H,7-12H2,1-2H3,(H,17,19)(H,18,20)/t13-,14+. The lowest BCUT2D eigenvalue weighted by Crippen LogP contribution is -2.44. The zero-order valence-corrected chi connectivity index (χ0v) is 12.2. The second kappa shape index (κ2) is 9.04. The molecule has 1 aliphatic rings. The first-order valence-electron chi connectivity index (χ1n) is 7.05. The van der Waals surface area contributed by atoms with Crippen LogP contribution in [-0.4, -0.2) is 24.9 Å². The second-order valence-corrected chi connectivity index (χ2v) is 4.79. The van der Waals surface area contributed by atoms with Gasteiger partial charge in [-0.05, 0) is 26.7 Å². The molecule has 0 radical (unpaired) electrons. The van der Waals surface area contributed by atoms with E-state index in [9.17, 15) is 9.59 Å². The maximum Gasteiger partial charge on any atom is 0.224 e. The smallest absolute Gasteiger partial charge is 0.224 e. The van der Waals surface area contributed by atoms with Gasteiger partial charge < -0.3 is 10.6 Å². The van der Waals surface area contributed by atoms with Gasteiger partial charge >= 0.3 is 0 Å². The zero-order valence-electron chi connectivity index (χ0n) is 12.2. The van der Waals surface area contributed by atoms with Crippen LogP contribution in [0, 0.1) is 35.5 Å². The third kappa shape index (κ3) is 4.97. The van der Waals surface area contributed by atoms with Gasteiger partial charge in [0.2, 0.25) is 11.8 Å². The van der Waals surface area contributed by atoms with E-state index in [1.807, 2.05) is 0 Å². The van der Waals surface area contributed by atoms with Crippen molar-refractivity contribution in [3.63, 3.8) is 0 Å².